The Morgan fingerprint density at radius 1 is 0.909 bits per heavy atom. The van der Waals surface area contributed by atoms with Crippen LogP contribution in [-0.4, -0.2) is 34.1 Å². The van der Waals surface area contributed by atoms with Gasteiger partial charge in [-0.15, -0.1) is 10.2 Å². The Balaban J connectivity index is 1.34. The predicted octanol–water partition coefficient (Wildman–Crippen LogP) is 5.08. The van der Waals surface area contributed by atoms with Crippen LogP contribution in [0, 0.1) is 10.1 Å². The maximum atomic E-state index is 12.2. The van der Waals surface area contributed by atoms with E-state index in [1.54, 1.807) is 18.2 Å². The summed E-state index contributed by atoms with van der Waals surface area (Å²) in [6.45, 7) is 2.06. The SMILES string of the molecule is O=C(/C=C/c1ccc([N+](=O)[O-])cc1)Nc1ccc(-c2ccc(N3CCCCCC3)nn2)cc1. The van der Waals surface area contributed by atoms with Crippen LogP contribution in [0.1, 0.15) is 31.2 Å². The van der Waals surface area contributed by atoms with Crippen molar-refractivity contribution in [2.24, 2.45) is 0 Å². The van der Waals surface area contributed by atoms with Crippen LogP contribution in [0.4, 0.5) is 17.2 Å². The van der Waals surface area contributed by atoms with E-state index in [0.717, 1.165) is 30.2 Å². The summed E-state index contributed by atoms with van der Waals surface area (Å²) < 4.78 is 0. The van der Waals surface area contributed by atoms with E-state index < -0.39 is 4.92 Å². The van der Waals surface area contributed by atoms with E-state index in [-0.39, 0.29) is 11.6 Å². The van der Waals surface area contributed by atoms with Crippen molar-refractivity contribution >= 4 is 29.2 Å². The minimum atomic E-state index is -0.459. The monoisotopic (exact) mass is 443 g/mol. The highest BCUT2D eigenvalue weighted by molar-refractivity contribution is 6.02. The number of nitro benzene ring substituents is 1. The Kier molecular flexibility index (Phi) is 7.04. The second-order valence-electron chi connectivity index (χ2n) is 7.93. The molecule has 168 valence electrons. The van der Waals surface area contributed by atoms with Gasteiger partial charge in [0.25, 0.3) is 5.69 Å². The van der Waals surface area contributed by atoms with Crippen LogP contribution in [0.3, 0.4) is 0 Å². The minimum Gasteiger partial charge on any atom is -0.355 e. The lowest BCUT2D eigenvalue weighted by Gasteiger charge is -2.20. The standard InChI is InChI=1S/C25H25N5O3/c31-25(16-7-19-5-12-22(13-6-19)30(32)33)26-21-10-8-20(9-11-21)23-14-15-24(28-27-23)29-17-3-1-2-4-18-29/h5-16H,1-4,17-18H2,(H,26,31)/b16-7+. The van der Waals surface area contributed by atoms with Gasteiger partial charge in [0.15, 0.2) is 5.82 Å². The first kappa shape index (κ1) is 22.1. The molecule has 1 fully saturated rings. The zero-order valence-electron chi connectivity index (χ0n) is 18.2. The molecule has 33 heavy (non-hydrogen) atoms. The summed E-state index contributed by atoms with van der Waals surface area (Å²) in [6, 6.07) is 17.4. The molecule has 2 aromatic carbocycles. The number of non-ortho nitro benzene ring substituents is 1. The van der Waals surface area contributed by atoms with Gasteiger partial charge in [0.05, 0.1) is 10.6 Å². The number of amides is 1. The number of benzene rings is 2. The first-order chi connectivity index (χ1) is 16.1. The average molecular weight is 444 g/mol. The summed E-state index contributed by atoms with van der Waals surface area (Å²) >= 11 is 0. The van der Waals surface area contributed by atoms with Crippen LogP contribution in [-0.2, 0) is 4.79 Å². The molecule has 3 aromatic rings. The number of carbonyl (C=O) groups is 1. The maximum absolute atomic E-state index is 12.2. The van der Waals surface area contributed by atoms with Gasteiger partial charge in [-0.3, -0.25) is 14.9 Å². The van der Waals surface area contributed by atoms with Crippen molar-refractivity contribution in [1.82, 2.24) is 10.2 Å². The highest BCUT2D eigenvalue weighted by atomic mass is 16.6. The molecule has 1 aliphatic rings. The molecule has 1 aliphatic heterocycles. The summed E-state index contributed by atoms with van der Waals surface area (Å²) in [7, 11) is 0. The molecule has 0 radical (unpaired) electrons. The Morgan fingerprint density at radius 2 is 1.61 bits per heavy atom. The van der Waals surface area contributed by atoms with Crippen LogP contribution in [0.5, 0.6) is 0 Å². The van der Waals surface area contributed by atoms with Gasteiger partial charge in [-0.05, 0) is 60.9 Å². The van der Waals surface area contributed by atoms with Crippen molar-refractivity contribution in [3.05, 3.63) is 82.4 Å². The molecule has 2 heterocycles. The molecular formula is C25H25N5O3. The molecule has 4 rings (SSSR count). The van der Waals surface area contributed by atoms with Gasteiger partial charge < -0.3 is 10.2 Å². The molecule has 0 atom stereocenters. The molecule has 8 nitrogen and oxygen atoms in total. The fourth-order valence-electron chi connectivity index (χ4n) is 3.73. The minimum absolute atomic E-state index is 0.0120. The predicted molar refractivity (Wildman–Crippen MR) is 129 cm³/mol. The lowest BCUT2D eigenvalue weighted by molar-refractivity contribution is -0.384. The number of nitrogens with zero attached hydrogens (tertiary/aromatic N) is 4. The van der Waals surface area contributed by atoms with Gasteiger partial charge >= 0.3 is 0 Å². The van der Waals surface area contributed by atoms with Crippen molar-refractivity contribution in [3.63, 3.8) is 0 Å². The quantitative estimate of drug-likeness (QED) is 0.324. The molecule has 8 heteroatoms. The highest BCUT2D eigenvalue weighted by Crippen LogP contribution is 2.22. The van der Waals surface area contributed by atoms with E-state index in [2.05, 4.69) is 20.4 Å². The number of hydrogen-bond donors (Lipinski definition) is 1. The topological polar surface area (TPSA) is 101 Å². The van der Waals surface area contributed by atoms with Crippen molar-refractivity contribution in [2.75, 3.05) is 23.3 Å². The summed E-state index contributed by atoms with van der Waals surface area (Å²) in [5, 5.41) is 22.3. The Bertz CT molecular complexity index is 1120. The van der Waals surface area contributed by atoms with Crippen LogP contribution in [0.25, 0.3) is 17.3 Å². The molecule has 1 saturated heterocycles. The van der Waals surface area contributed by atoms with E-state index in [1.165, 1.54) is 43.9 Å². The number of aromatic nitrogens is 2. The Labute approximate surface area is 192 Å². The van der Waals surface area contributed by atoms with Crippen LogP contribution in [0.2, 0.25) is 0 Å². The molecule has 0 aliphatic carbocycles. The molecule has 1 N–H and O–H groups in total. The number of rotatable bonds is 6. The van der Waals surface area contributed by atoms with Crippen LogP contribution < -0.4 is 10.2 Å². The molecule has 0 bridgehead atoms. The van der Waals surface area contributed by atoms with E-state index in [0.29, 0.717) is 11.3 Å². The molecular weight excluding hydrogens is 418 g/mol. The fraction of sp³-hybridized carbons (Fsp3) is 0.240. The molecule has 1 aromatic heterocycles. The third kappa shape index (κ3) is 6.00. The van der Waals surface area contributed by atoms with E-state index >= 15 is 0 Å². The third-order valence-electron chi connectivity index (χ3n) is 5.56. The lowest BCUT2D eigenvalue weighted by atomic mass is 10.1. The summed E-state index contributed by atoms with van der Waals surface area (Å²) in [4.78, 5) is 24.7. The second-order valence-corrected chi connectivity index (χ2v) is 7.93. The van der Waals surface area contributed by atoms with Crippen molar-refractivity contribution in [2.45, 2.75) is 25.7 Å². The van der Waals surface area contributed by atoms with Crippen molar-refractivity contribution in [3.8, 4) is 11.3 Å². The Hall–Kier alpha value is -4.07. The number of nitro groups is 1. The largest absolute Gasteiger partial charge is 0.355 e. The smallest absolute Gasteiger partial charge is 0.269 e. The van der Waals surface area contributed by atoms with Gasteiger partial charge in [-0.1, -0.05) is 25.0 Å². The maximum Gasteiger partial charge on any atom is 0.269 e. The Morgan fingerprint density at radius 3 is 2.21 bits per heavy atom. The van der Waals surface area contributed by atoms with Gasteiger partial charge in [0.1, 0.15) is 0 Å². The van der Waals surface area contributed by atoms with Crippen molar-refractivity contribution in [1.29, 1.82) is 0 Å². The van der Waals surface area contributed by atoms with E-state index in [1.807, 2.05) is 36.4 Å². The number of carbonyl (C=O) groups excluding carboxylic acids is 1. The van der Waals surface area contributed by atoms with E-state index in [4.69, 9.17) is 0 Å². The number of hydrogen-bond acceptors (Lipinski definition) is 6. The van der Waals surface area contributed by atoms with Crippen LogP contribution in [0.15, 0.2) is 66.7 Å². The van der Waals surface area contributed by atoms with Crippen molar-refractivity contribution < 1.29 is 9.72 Å². The summed E-state index contributed by atoms with van der Waals surface area (Å²) in [5.74, 6) is 0.632. The average Bonchev–Trinajstić information content (AvgIpc) is 3.13. The van der Waals surface area contributed by atoms with Crippen LogP contribution >= 0.6 is 0 Å². The first-order valence-electron chi connectivity index (χ1n) is 11.0. The zero-order valence-corrected chi connectivity index (χ0v) is 18.2. The molecule has 0 saturated carbocycles. The second kappa shape index (κ2) is 10.5. The highest BCUT2D eigenvalue weighted by Gasteiger charge is 2.12. The first-order valence-corrected chi connectivity index (χ1v) is 11.0. The van der Waals surface area contributed by atoms with Gasteiger partial charge in [0.2, 0.25) is 5.91 Å². The number of nitrogens with one attached hydrogen (secondary N) is 1. The molecule has 0 spiro atoms. The van der Waals surface area contributed by atoms with Gasteiger partial charge in [-0.2, -0.15) is 0 Å². The normalized spacial score (nSPS) is 14.1. The molecule has 1 amide bonds. The summed E-state index contributed by atoms with van der Waals surface area (Å²) in [5.41, 5.74) is 3.08. The lowest BCUT2D eigenvalue weighted by Crippen LogP contribution is -2.25. The fourth-order valence-corrected chi connectivity index (χ4v) is 3.73. The summed E-state index contributed by atoms with van der Waals surface area (Å²) in [6.07, 6.45) is 7.94. The van der Waals surface area contributed by atoms with E-state index in [9.17, 15) is 14.9 Å². The zero-order chi connectivity index (χ0) is 23.0. The van der Waals surface area contributed by atoms with Gasteiger partial charge in [-0.25, -0.2) is 0 Å². The third-order valence-corrected chi connectivity index (χ3v) is 5.56. The van der Waals surface area contributed by atoms with Gasteiger partial charge in [0, 0.05) is 42.5 Å². The number of anilines is 2. The molecule has 0 unspecified atom stereocenters.